The van der Waals surface area contributed by atoms with Crippen molar-refractivity contribution in [2.75, 3.05) is 18.1 Å². The third kappa shape index (κ3) is 3.00. The van der Waals surface area contributed by atoms with Crippen molar-refractivity contribution < 1.29 is 14.4 Å². The average molecular weight is 393 g/mol. The van der Waals surface area contributed by atoms with Crippen LogP contribution in [0.15, 0.2) is 24.3 Å². The van der Waals surface area contributed by atoms with E-state index in [4.69, 9.17) is 5.73 Å². The summed E-state index contributed by atoms with van der Waals surface area (Å²) >= 11 is 0. The van der Waals surface area contributed by atoms with Gasteiger partial charge in [-0.05, 0) is 44.0 Å². The number of carbonyl (C=O) groups excluding carboxylic acids is 3. The second-order valence-corrected chi connectivity index (χ2v) is 7.48. The van der Waals surface area contributed by atoms with Crippen LogP contribution in [0.1, 0.15) is 47.3 Å². The number of piperidine rings is 1. The third-order valence-electron chi connectivity index (χ3n) is 5.77. The number of nitrogens with one attached hydrogen (secondary N) is 2. The number of hydrogen-bond donors (Lipinski definition) is 3. The Labute approximate surface area is 168 Å². The molecule has 4 N–H and O–H groups in total. The molecular formula is C21H23N5O3. The van der Waals surface area contributed by atoms with Gasteiger partial charge in [-0.2, -0.15) is 0 Å². The van der Waals surface area contributed by atoms with E-state index in [1.54, 1.807) is 18.0 Å². The Kier molecular flexibility index (Phi) is 4.49. The molecule has 1 saturated heterocycles. The molecule has 0 radical (unpaired) electrons. The predicted molar refractivity (Wildman–Crippen MR) is 109 cm³/mol. The van der Waals surface area contributed by atoms with Crippen LogP contribution in [0.2, 0.25) is 0 Å². The number of anilines is 2. The van der Waals surface area contributed by atoms with Crippen molar-refractivity contribution in [2.24, 2.45) is 0 Å². The van der Waals surface area contributed by atoms with E-state index in [-0.39, 0.29) is 24.3 Å². The summed E-state index contributed by atoms with van der Waals surface area (Å²) in [4.78, 5) is 43.0. The van der Waals surface area contributed by atoms with E-state index in [1.807, 2.05) is 32.0 Å². The Balaban J connectivity index is 1.71. The van der Waals surface area contributed by atoms with E-state index >= 15 is 0 Å². The summed E-state index contributed by atoms with van der Waals surface area (Å²) in [6, 6.07) is 6.43. The molecule has 2 aromatic rings. The molecule has 1 fully saturated rings. The molecule has 1 unspecified atom stereocenters. The van der Waals surface area contributed by atoms with Crippen molar-refractivity contribution in [3.05, 3.63) is 41.0 Å². The quantitative estimate of drug-likeness (QED) is 0.687. The van der Waals surface area contributed by atoms with Crippen LogP contribution in [-0.4, -0.2) is 40.7 Å². The van der Waals surface area contributed by atoms with E-state index in [9.17, 15) is 14.4 Å². The fourth-order valence-corrected chi connectivity index (χ4v) is 4.11. The van der Waals surface area contributed by atoms with Crippen molar-refractivity contribution in [3.63, 3.8) is 0 Å². The van der Waals surface area contributed by atoms with E-state index in [2.05, 4.69) is 15.6 Å². The largest absolute Gasteiger partial charge is 0.398 e. The van der Waals surface area contributed by atoms with E-state index < -0.39 is 11.9 Å². The first-order chi connectivity index (χ1) is 13.8. The summed E-state index contributed by atoms with van der Waals surface area (Å²) < 4.78 is 0. The number of nitrogens with zero attached hydrogens (tertiary/aromatic N) is 2. The van der Waals surface area contributed by atoms with Gasteiger partial charge in [-0.25, -0.2) is 4.98 Å². The van der Waals surface area contributed by atoms with Crippen LogP contribution in [0.4, 0.5) is 11.5 Å². The van der Waals surface area contributed by atoms with Gasteiger partial charge in [-0.1, -0.05) is 6.07 Å². The summed E-state index contributed by atoms with van der Waals surface area (Å²) in [5.74, 6) is -0.203. The van der Waals surface area contributed by atoms with Crippen LogP contribution < -0.4 is 16.4 Å². The fraction of sp³-hybridized carbons (Fsp3) is 0.333. The number of amides is 3. The van der Waals surface area contributed by atoms with Gasteiger partial charge in [-0.3, -0.25) is 19.7 Å². The molecule has 29 heavy (non-hydrogen) atoms. The van der Waals surface area contributed by atoms with E-state index in [0.717, 1.165) is 16.7 Å². The molecule has 8 nitrogen and oxygen atoms in total. The molecule has 0 spiro atoms. The molecule has 3 heterocycles. The highest BCUT2D eigenvalue weighted by molar-refractivity contribution is 6.06. The molecule has 0 bridgehead atoms. The molecule has 1 aromatic carbocycles. The third-order valence-corrected chi connectivity index (χ3v) is 5.77. The lowest BCUT2D eigenvalue weighted by atomic mass is 9.99. The van der Waals surface area contributed by atoms with Crippen LogP contribution in [0.3, 0.4) is 0 Å². The highest BCUT2D eigenvalue weighted by atomic mass is 16.2. The van der Waals surface area contributed by atoms with Crippen LogP contribution in [0.25, 0.3) is 11.3 Å². The van der Waals surface area contributed by atoms with Crippen molar-refractivity contribution >= 4 is 29.2 Å². The van der Waals surface area contributed by atoms with Crippen molar-refractivity contribution in [3.8, 4) is 11.3 Å². The Hall–Kier alpha value is -3.42. The van der Waals surface area contributed by atoms with Crippen molar-refractivity contribution in [1.82, 2.24) is 15.2 Å². The van der Waals surface area contributed by atoms with E-state index in [1.165, 1.54) is 0 Å². The zero-order valence-corrected chi connectivity index (χ0v) is 16.6. The van der Waals surface area contributed by atoms with Gasteiger partial charge in [-0.15, -0.1) is 0 Å². The van der Waals surface area contributed by atoms with Crippen molar-refractivity contribution in [2.45, 2.75) is 38.8 Å². The van der Waals surface area contributed by atoms with Crippen LogP contribution >= 0.6 is 0 Å². The number of carbonyl (C=O) groups is 3. The maximum absolute atomic E-state index is 13.0. The number of rotatable bonds is 3. The first-order valence-electron chi connectivity index (χ1n) is 9.57. The smallest absolute Gasteiger partial charge is 0.255 e. The lowest BCUT2D eigenvalue weighted by Gasteiger charge is -2.32. The minimum absolute atomic E-state index is 0.194. The number of nitrogen functional groups attached to an aromatic ring is 1. The van der Waals surface area contributed by atoms with Crippen LogP contribution in [0, 0.1) is 6.92 Å². The average Bonchev–Trinajstić information content (AvgIpc) is 2.94. The lowest BCUT2D eigenvalue weighted by molar-refractivity contribution is -0.137. The summed E-state index contributed by atoms with van der Waals surface area (Å²) in [6.07, 6.45) is 0.567. The second kappa shape index (κ2) is 6.88. The van der Waals surface area contributed by atoms with Gasteiger partial charge in [0.2, 0.25) is 11.8 Å². The Morgan fingerprint density at radius 2 is 2.00 bits per heavy atom. The molecule has 2 aliphatic rings. The molecule has 2 atom stereocenters. The highest BCUT2D eigenvalue weighted by Crippen LogP contribution is 2.39. The summed E-state index contributed by atoms with van der Waals surface area (Å²) in [6.45, 7) is 3.80. The number of fused-ring (bicyclic) bond motifs is 1. The Morgan fingerprint density at radius 1 is 1.24 bits per heavy atom. The summed E-state index contributed by atoms with van der Waals surface area (Å²) in [5, 5.41) is 5.38. The molecule has 0 saturated carbocycles. The van der Waals surface area contributed by atoms with Crippen molar-refractivity contribution in [1.29, 1.82) is 0 Å². The molecule has 8 heteroatoms. The van der Waals surface area contributed by atoms with Gasteiger partial charge >= 0.3 is 0 Å². The molecule has 150 valence electrons. The van der Waals surface area contributed by atoms with Crippen LogP contribution in [-0.2, 0) is 9.59 Å². The maximum Gasteiger partial charge on any atom is 0.255 e. The standard InChI is InChI=1S/C21H23N5O3/c1-10-15(22)9-16(24-19(10)23-3)12-4-5-13-14(8-12)11(2)26(21(13)29)17-6-7-18(27)25-20(17)28/h4-5,8-9,11,17H,6-7H2,1-3H3,(H3,22,23,24)(H,25,27,28)/t11-,17?/m0/s1. The molecule has 2 aliphatic heterocycles. The van der Waals surface area contributed by atoms with Gasteiger partial charge in [0, 0.05) is 35.8 Å². The van der Waals surface area contributed by atoms with Gasteiger partial charge in [0.05, 0.1) is 11.7 Å². The second-order valence-electron chi connectivity index (χ2n) is 7.48. The molecule has 4 rings (SSSR count). The number of aromatic nitrogens is 1. The zero-order chi connectivity index (χ0) is 20.9. The summed E-state index contributed by atoms with van der Waals surface area (Å²) in [7, 11) is 1.79. The van der Waals surface area contributed by atoms with Gasteiger partial charge in [0.15, 0.2) is 0 Å². The lowest BCUT2D eigenvalue weighted by Crippen LogP contribution is -2.53. The number of benzene rings is 1. The van der Waals surface area contributed by atoms with E-state index in [0.29, 0.717) is 29.2 Å². The number of imide groups is 1. The minimum Gasteiger partial charge on any atom is -0.398 e. The SMILES string of the molecule is CNc1nc(-c2ccc3c(c2)[C@H](C)N(C2CCC(=O)NC2=O)C3=O)cc(N)c1C. The highest BCUT2D eigenvalue weighted by Gasteiger charge is 2.43. The Bertz CT molecular complexity index is 1050. The van der Waals surface area contributed by atoms with Crippen LogP contribution in [0.5, 0.6) is 0 Å². The van der Waals surface area contributed by atoms with Gasteiger partial charge in [0.1, 0.15) is 11.9 Å². The van der Waals surface area contributed by atoms with Gasteiger partial charge < -0.3 is 16.0 Å². The topological polar surface area (TPSA) is 117 Å². The molecular weight excluding hydrogens is 370 g/mol. The van der Waals surface area contributed by atoms with Gasteiger partial charge in [0.25, 0.3) is 5.91 Å². The number of hydrogen-bond acceptors (Lipinski definition) is 6. The monoisotopic (exact) mass is 393 g/mol. The minimum atomic E-state index is -0.643. The normalized spacial score (nSPS) is 21.2. The number of nitrogens with two attached hydrogens (primary N) is 1. The first-order valence-corrected chi connectivity index (χ1v) is 9.57. The fourth-order valence-electron chi connectivity index (χ4n) is 4.11. The molecule has 0 aliphatic carbocycles. The maximum atomic E-state index is 13.0. The molecule has 3 amide bonds. The zero-order valence-electron chi connectivity index (χ0n) is 16.6. The number of pyridine rings is 1. The molecule has 1 aromatic heterocycles. The Morgan fingerprint density at radius 3 is 2.69 bits per heavy atom. The summed E-state index contributed by atoms with van der Waals surface area (Å²) in [5.41, 5.74) is 10.6. The predicted octanol–water partition coefficient (Wildman–Crippen LogP) is 2.00. The first kappa shape index (κ1) is 18.9.